The molecule has 2 N–H and O–H groups in total. The van der Waals surface area contributed by atoms with Gasteiger partial charge >= 0.3 is 0 Å². The second kappa shape index (κ2) is 8.14. The summed E-state index contributed by atoms with van der Waals surface area (Å²) in [6.45, 7) is 6.43. The highest BCUT2D eigenvalue weighted by Gasteiger charge is 2.29. The number of anilines is 1. The minimum Gasteiger partial charge on any atom is -0.378 e. The van der Waals surface area contributed by atoms with E-state index < -0.39 is 0 Å². The molecule has 0 radical (unpaired) electrons. The molecule has 0 atom stereocenters. The van der Waals surface area contributed by atoms with Gasteiger partial charge in [0.25, 0.3) is 11.8 Å². The Morgan fingerprint density at radius 1 is 1.09 bits per heavy atom. The van der Waals surface area contributed by atoms with Gasteiger partial charge in [-0.2, -0.15) is 5.10 Å². The summed E-state index contributed by atoms with van der Waals surface area (Å²) in [6.07, 6.45) is 2.15. The van der Waals surface area contributed by atoms with Crippen LogP contribution in [0.1, 0.15) is 55.9 Å². The number of carbonyl (C=O) groups is 2. The number of hydrazine groups is 1. The van der Waals surface area contributed by atoms with Crippen LogP contribution >= 0.6 is 11.3 Å². The van der Waals surface area contributed by atoms with Crippen LogP contribution in [0.3, 0.4) is 0 Å². The van der Waals surface area contributed by atoms with Gasteiger partial charge in [0.05, 0.1) is 35.6 Å². The summed E-state index contributed by atoms with van der Waals surface area (Å²) in [5.41, 5.74) is 8.52. The molecular formula is C21H25N7O3S. The lowest BCUT2D eigenvalue weighted by atomic mass is 10.1. The van der Waals surface area contributed by atoms with Gasteiger partial charge in [0, 0.05) is 31.7 Å². The molecule has 1 saturated heterocycles. The Balaban J connectivity index is 1.34. The predicted molar refractivity (Wildman–Crippen MR) is 120 cm³/mol. The molecule has 3 aromatic heterocycles. The monoisotopic (exact) mass is 455 g/mol. The molecule has 1 aliphatic carbocycles. The van der Waals surface area contributed by atoms with E-state index in [0.29, 0.717) is 46.3 Å². The van der Waals surface area contributed by atoms with Crippen LogP contribution in [-0.2, 0) is 11.8 Å². The quantitative estimate of drug-likeness (QED) is 0.577. The number of fused-ring (bicyclic) bond motifs is 1. The first-order valence-electron chi connectivity index (χ1n) is 10.7. The molecule has 2 aliphatic rings. The maximum atomic E-state index is 13.1. The number of ether oxygens (including phenoxy) is 1. The summed E-state index contributed by atoms with van der Waals surface area (Å²) in [7, 11) is 1.82. The molecule has 32 heavy (non-hydrogen) atoms. The minimum atomic E-state index is -0.390. The highest BCUT2D eigenvalue weighted by molar-refractivity contribution is 7.17. The number of aromatic nitrogens is 4. The zero-order valence-corrected chi connectivity index (χ0v) is 19.1. The molecule has 11 heteroatoms. The van der Waals surface area contributed by atoms with Gasteiger partial charge < -0.3 is 9.64 Å². The second-order valence-corrected chi connectivity index (χ2v) is 9.17. The van der Waals surface area contributed by atoms with Crippen LogP contribution in [-0.4, -0.2) is 57.9 Å². The number of hydrogen-bond donors (Lipinski definition) is 2. The van der Waals surface area contributed by atoms with E-state index in [4.69, 9.17) is 9.72 Å². The van der Waals surface area contributed by atoms with E-state index in [1.54, 1.807) is 11.6 Å². The smallest absolute Gasteiger partial charge is 0.281 e. The van der Waals surface area contributed by atoms with Crippen LogP contribution in [0.5, 0.6) is 0 Å². The van der Waals surface area contributed by atoms with Crippen molar-refractivity contribution in [2.24, 2.45) is 7.05 Å². The summed E-state index contributed by atoms with van der Waals surface area (Å²) in [5, 5.41) is 5.91. The lowest BCUT2D eigenvalue weighted by Gasteiger charge is -2.25. The maximum Gasteiger partial charge on any atom is 0.281 e. The first-order chi connectivity index (χ1) is 15.4. The molecule has 0 spiro atoms. The van der Waals surface area contributed by atoms with Crippen LogP contribution in [0.25, 0.3) is 11.0 Å². The van der Waals surface area contributed by atoms with Gasteiger partial charge in [-0.25, -0.2) is 9.97 Å². The lowest BCUT2D eigenvalue weighted by molar-refractivity contribution is 0.0849. The molecule has 0 bridgehead atoms. The molecule has 168 valence electrons. The Morgan fingerprint density at radius 2 is 1.81 bits per heavy atom. The number of aryl methyl sites for hydroxylation is 3. The van der Waals surface area contributed by atoms with Crippen LogP contribution < -0.4 is 15.8 Å². The first-order valence-corrected chi connectivity index (χ1v) is 11.5. The van der Waals surface area contributed by atoms with Crippen LogP contribution in [0.4, 0.5) is 5.13 Å². The number of pyridine rings is 1. The van der Waals surface area contributed by atoms with Crippen molar-refractivity contribution in [3.05, 3.63) is 33.6 Å². The van der Waals surface area contributed by atoms with Crippen molar-refractivity contribution < 1.29 is 14.3 Å². The summed E-state index contributed by atoms with van der Waals surface area (Å²) in [6, 6.07) is 1.82. The summed E-state index contributed by atoms with van der Waals surface area (Å²) >= 11 is 1.32. The Hall–Kier alpha value is -3.05. The highest BCUT2D eigenvalue weighted by atomic mass is 32.1. The van der Waals surface area contributed by atoms with Gasteiger partial charge in [0.15, 0.2) is 10.8 Å². The topological polar surface area (TPSA) is 114 Å². The molecule has 3 aromatic rings. The van der Waals surface area contributed by atoms with Gasteiger partial charge in [0.2, 0.25) is 0 Å². The number of amides is 2. The van der Waals surface area contributed by atoms with Gasteiger partial charge in [-0.3, -0.25) is 25.1 Å². The third kappa shape index (κ3) is 3.82. The predicted octanol–water partition coefficient (Wildman–Crippen LogP) is 1.83. The third-order valence-electron chi connectivity index (χ3n) is 5.79. The number of rotatable bonds is 4. The van der Waals surface area contributed by atoms with Gasteiger partial charge in [-0.1, -0.05) is 11.3 Å². The van der Waals surface area contributed by atoms with Crippen LogP contribution in [0.15, 0.2) is 6.07 Å². The maximum absolute atomic E-state index is 13.1. The molecule has 4 heterocycles. The average Bonchev–Trinajstić information content (AvgIpc) is 3.52. The average molecular weight is 456 g/mol. The SMILES string of the molecule is Cc1nc(N2CCOCC2)sc1C(=O)NNC(=O)c1cc(C2CC2)nc2c1c(C)nn2C. The highest BCUT2D eigenvalue weighted by Crippen LogP contribution is 2.40. The molecule has 1 aliphatic heterocycles. The number of hydrogen-bond acceptors (Lipinski definition) is 8. The number of thiazole rings is 1. The molecule has 5 rings (SSSR count). The number of nitrogens with one attached hydrogen (secondary N) is 2. The van der Waals surface area contributed by atoms with Crippen molar-refractivity contribution in [3.63, 3.8) is 0 Å². The second-order valence-electron chi connectivity index (χ2n) is 8.20. The summed E-state index contributed by atoms with van der Waals surface area (Å²) in [5.74, 6) is -0.392. The van der Waals surface area contributed by atoms with Gasteiger partial charge in [0.1, 0.15) is 4.88 Å². The molecule has 2 amide bonds. The molecule has 10 nitrogen and oxygen atoms in total. The van der Waals surface area contributed by atoms with E-state index in [-0.39, 0.29) is 11.8 Å². The van der Waals surface area contributed by atoms with E-state index in [1.807, 2.05) is 20.0 Å². The fourth-order valence-electron chi connectivity index (χ4n) is 3.95. The fraction of sp³-hybridized carbons (Fsp3) is 0.476. The Morgan fingerprint density at radius 3 is 2.53 bits per heavy atom. The van der Waals surface area contributed by atoms with Crippen LogP contribution in [0.2, 0.25) is 0 Å². The molecule has 2 fully saturated rings. The van der Waals surface area contributed by atoms with Gasteiger partial charge in [-0.15, -0.1) is 0 Å². The van der Waals surface area contributed by atoms with E-state index in [1.165, 1.54) is 11.3 Å². The minimum absolute atomic E-state index is 0.384. The largest absolute Gasteiger partial charge is 0.378 e. The van der Waals surface area contributed by atoms with Gasteiger partial charge in [-0.05, 0) is 32.8 Å². The standard InChI is InChI=1S/C21H25N7O3S/c1-11-16-14(10-15(13-4-5-13)23-18(16)27(3)26-11)19(29)24-25-20(30)17-12(2)22-21(32-17)28-6-8-31-9-7-28/h10,13H,4-9H2,1-3H3,(H,24,29)(H,25,30). The fourth-order valence-corrected chi connectivity index (χ4v) is 4.97. The normalized spacial score (nSPS) is 16.4. The van der Waals surface area contributed by atoms with E-state index >= 15 is 0 Å². The van der Waals surface area contributed by atoms with Crippen LogP contribution in [0, 0.1) is 13.8 Å². The van der Waals surface area contributed by atoms with Crippen molar-refractivity contribution in [1.82, 2.24) is 30.6 Å². The number of morpholine rings is 1. The van der Waals surface area contributed by atoms with Crippen molar-refractivity contribution in [2.75, 3.05) is 31.2 Å². The number of carbonyl (C=O) groups excluding carboxylic acids is 2. The Kier molecular flexibility index (Phi) is 5.30. The van der Waals surface area contributed by atoms with E-state index in [9.17, 15) is 9.59 Å². The summed E-state index contributed by atoms with van der Waals surface area (Å²) in [4.78, 5) is 37.7. The van der Waals surface area contributed by atoms with Crippen molar-refractivity contribution in [3.8, 4) is 0 Å². The van der Waals surface area contributed by atoms with Crippen molar-refractivity contribution in [1.29, 1.82) is 0 Å². The third-order valence-corrected chi connectivity index (χ3v) is 7.01. The lowest BCUT2D eigenvalue weighted by Crippen LogP contribution is -2.41. The zero-order chi connectivity index (χ0) is 22.4. The summed E-state index contributed by atoms with van der Waals surface area (Å²) < 4.78 is 7.07. The molecule has 0 unspecified atom stereocenters. The zero-order valence-electron chi connectivity index (χ0n) is 18.3. The Labute approximate surface area is 188 Å². The molecular weight excluding hydrogens is 430 g/mol. The molecule has 0 aromatic carbocycles. The van der Waals surface area contributed by atoms with Crippen molar-refractivity contribution >= 4 is 39.3 Å². The first kappa shape index (κ1) is 20.8. The number of nitrogens with zero attached hydrogens (tertiary/aromatic N) is 5. The van der Waals surface area contributed by atoms with E-state index in [0.717, 1.165) is 42.5 Å². The molecule has 1 saturated carbocycles. The van der Waals surface area contributed by atoms with Crippen molar-refractivity contribution in [2.45, 2.75) is 32.6 Å². The van der Waals surface area contributed by atoms with E-state index in [2.05, 4.69) is 25.8 Å². The Bertz CT molecular complexity index is 1210.